The molecule has 0 spiro atoms. The second kappa shape index (κ2) is 4.04. The van der Waals surface area contributed by atoms with Crippen molar-refractivity contribution in [1.82, 2.24) is 4.90 Å². The van der Waals surface area contributed by atoms with Gasteiger partial charge in [-0.15, -0.1) is 0 Å². The molecule has 3 nitrogen and oxygen atoms in total. The van der Waals surface area contributed by atoms with Gasteiger partial charge in [0.25, 0.3) is 0 Å². The van der Waals surface area contributed by atoms with Gasteiger partial charge in [-0.2, -0.15) is 0 Å². The van der Waals surface area contributed by atoms with E-state index in [1.54, 1.807) is 0 Å². The van der Waals surface area contributed by atoms with Crippen LogP contribution in [0.4, 0.5) is 0 Å². The fraction of sp³-hybridized carbons (Fsp3) is 1.00. The highest BCUT2D eigenvalue weighted by Gasteiger charge is 2.21. The highest BCUT2D eigenvalue weighted by Crippen LogP contribution is 2.10. The molecule has 3 heteroatoms. The summed E-state index contributed by atoms with van der Waals surface area (Å²) in [4.78, 5) is 2.10. The molecule has 68 valence electrons. The molecule has 0 aliphatic heterocycles. The van der Waals surface area contributed by atoms with Gasteiger partial charge in [0.1, 0.15) is 0 Å². The quantitative estimate of drug-likeness (QED) is 0.610. The van der Waals surface area contributed by atoms with Gasteiger partial charge in [0.05, 0.1) is 6.61 Å². The van der Waals surface area contributed by atoms with Crippen LogP contribution in [0.2, 0.25) is 0 Å². The Hall–Kier alpha value is -0.120. The molecule has 0 rings (SSSR count). The third kappa shape index (κ3) is 4.35. The van der Waals surface area contributed by atoms with E-state index in [4.69, 9.17) is 10.8 Å². The summed E-state index contributed by atoms with van der Waals surface area (Å²) >= 11 is 0. The lowest BCUT2D eigenvalue weighted by atomic mass is 9.95. The van der Waals surface area contributed by atoms with Crippen molar-refractivity contribution in [3.05, 3.63) is 0 Å². The lowest BCUT2D eigenvalue weighted by molar-refractivity contribution is 0.165. The molecule has 0 fully saturated rings. The molecule has 0 amide bonds. The minimum atomic E-state index is -0.441. The van der Waals surface area contributed by atoms with Crippen LogP contribution in [-0.2, 0) is 0 Å². The van der Waals surface area contributed by atoms with Crippen LogP contribution in [-0.4, -0.2) is 42.3 Å². The minimum Gasteiger partial charge on any atom is -0.394 e. The van der Waals surface area contributed by atoms with E-state index < -0.39 is 5.54 Å². The predicted octanol–water partition coefficient (Wildman–Crippen LogP) is 0.0363. The van der Waals surface area contributed by atoms with Gasteiger partial charge in [0, 0.05) is 11.6 Å². The van der Waals surface area contributed by atoms with Crippen molar-refractivity contribution < 1.29 is 5.11 Å². The van der Waals surface area contributed by atoms with Crippen molar-refractivity contribution >= 4 is 0 Å². The Labute approximate surface area is 69.2 Å². The molecule has 0 aromatic heterocycles. The summed E-state index contributed by atoms with van der Waals surface area (Å²) in [6, 6.07) is 0.414. The zero-order valence-electron chi connectivity index (χ0n) is 7.96. The predicted molar refractivity (Wildman–Crippen MR) is 47.4 cm³/mol. The maximum atomic E-state index is 8.88. The van der Waals surface area contributed by atoms with Gasteiger partial charge >= 0.3 is 0 Å². The third-order valence-corrected chi connectivity index (χ3v) is 2.00. The average Bonchev–Trinajstić information content (AvgIpc) is 1.87. The number of nitrogens with two attached hydrogens (primary N) is 1. The van der Waals surface area contributed by atoms with Crippen LogP contribution >= 0.6 is 0 Å². The summed E-state index contributed by atoms with van der Waals surface area (Å²) in [5.74, 6) is 0. The first-order chi connectivity index (χ1) is 4.89. The highest BCUT2D eigenvalue weighted by atomic mass is 16.3. The monoisotopic (exact) mass is 160 g/mol. The molecular weight excluding hydrogens is 140 g/mol. The Kier molecular flexibility index (Phi) is 4.00. The van der Waals surface area contributed by atoms with Crippen LogP contribution in [0, 0.1) is 0 Å². The summed E-state index contributed by atoms with van der Waals surface area (Å²) in [7, 11) is 4.02. The van der Waals surface area contributed by atoms with E-state index in [0.717, 1.165) is 6.42 Å². The maximum absolute atomic E-state index is 8.88. The van der Waals surface area contributed by atoms with Crippen molar-refractivity contribution in [3.8, 4) is 0 Å². The summed E-state index contributed by atoms with van der Waals surface area (Å²) in [6.45, 7) is 4.01. The molecule has 0 aliphatic rings. The molecule has 0 heterocycles. The Morgan fingerprint density at radius 3 is 2.27 bits per heavy atom. The summed E-state index contributed by atoms with van der Waals surface area (Å²) in [6.07, 6.45) is 0.816. The molecule has 3 N–H and O–H groups in total. The van der Waals surface area contributed by atoms with Gasteiger partial charge in [-0.1, -0.05) is 0 Å². The van der Waals surface area contributed by atoms with Crippen molar-refractivity contribution in [3.63, 3.8) is 0 Å². The molecule has 0 bridgehead atoms. The van der Waals surface area contributed by atoms with Crippen LogP contribution in [0.3, 0.4) is 0 Å². The van der Waals surface area contributed by atoms with Gasteiger partial charge in [-0.25, -0.2) is 0 Å². The van der Waals surface area contributed by atoms with Crippen LogP contribution in [0.5, 0.6) is 0 Å². The molecule has 0 aliphatic carbocycles. The molecule has 2 unspecified atom stereocenters. The summed E-state index contributed by atoms with van der Waals surface area (Å²) in [5.41, 5.74) is 5.34. The van der Waals surface area contributed by atoms with Crippen LogP contribution in [0.1, 0.15) is 20.3 Å². The Morgan fingerprint density at radius 1 is 1.55 bits per heavy atom. The van der Waals surface area contributed by atoms with Crippen LogP contribution < -0.4 is 5.73 Å². The van der Waals surface area contributed by atoms with Crippen molar-refractivity contribution in [1.29, 1.82) is 0 Å². The molecule has 0 saturated heterocycles. The molecule has 2 atom stereocenters. The SMILES string of the molecule is CC(CC(C)(N)CO)N(C)C. The van der Waals surface area contributed by atoms with Crippen molar-refractivity contribution in [2.75, 3.05) is 20.7 Å². The number of aliphatic hydroxyl groups is 1. The molecule has 0 radical (unpaired) electrons. The summed E-state index contributed by atoms with van der Waals surface area (Å²) < 4.78 is 0. The molecule has 0 aromatic carbocycles. The lowest BCUT2D eigenvalue weighted by Crippen LogP contribution is -2.45. The van der Waals surface area contributed by atoms with Gasteiger partial charge in [-0.3, -0.25) is 0 Å². The second-order valence-corrected chi connectivity index (χ2v) is 3.83. The van der Waals surface area contributed by atoms with Crippen LogP contribution in [0.25, 0.3) is 0 Å². The van der Waals surface area contributed by atoms with Gasteiger partial charge in [0.15, 0.2) is 0 Å². The van der Waals surface area contributed by atoms with E-state index in [-0.39, 0.29) is 6.61 Å². The molecule has 0 saturated carbocycles. The largest absolute Gasteiger partial charge is 0.394 e. The highest BCUT2D eigenvalue weighted by molar-refractivity contribution is 4.81. The van der Waals surface area contributed by atoms with Crippen LogP contribution in [0.15, 0.2) is 0 Å². The fourth-order valence-corrected chi connectivity index (χ4v) is 0.922. The Morgan fingerprint density at radius 2 is 2.00 bits per heavy atom. The first-order valence-electron chi connectivity index (χ1n) is 3.95. The number of nitrogens with zero attached hydrogens (tertiary/aromatic N) is 1. The third-order valence-electron chi connectivity index (χ3n) is 2.00. The number of aliphatic hydroxyl groups excluding tert-OH is 1. The maximum Gasteiger partial charge on any atom is 0.0609 e. The van der Waals surface area contributed by atoms with Crippen molar-refractivity contribution in [2.45, 2.75) is 31.8 Å². The Bertz CT molecular complexity index is 113. The van der Waals surface area contributed by atoms with E-state index >= 15 is 0 Å². The van der Waals surface area contributed by atoms with E-state index in [1.165, 1.54) is 0 Å². The smallest absolute Gasteiger partial charge is 0.0609 e. The topological polar surface area (TPSA) is 49.5 Å². The van der Waals surface area contributed by atoms with E-state index in [9.17, 15) is 0 Å². The van der Waals surface area contributed by atoms with Crippen molar-refractivity contribution in [2.24, 2.45) is 5.73 Å². The summed E-state index contributed by atoms with van der Waals surface area (Å²) in [5, 5.41) is 8.88. The minimum absolute atomic E-state index is 0.0468. The first kappa shape index (κ1) is 10.9. The second-order valence-electron chi connectivity index (χ2n) is 3.83. The normalized spacial score (nSPS) is 19.9. The fourth-order valence-electron chi connectivity index (χ4n) is 0.922. The standard InChI is InChI=1S/C8H20N2O/c1-7(10(3)4)5-8(2,9)6-11/h7,11H,5-6,9H2,1-4H3. The molecule has 11 heavy (non-hydrogen) atoms. The molecular formula is C8H20N2O. The molecule has 0 aromatic rings. The first-order valence-corrected chi connectivity index (χ1v) is 3.95. The number of rotatable bonds is 4. The van der Waals surface area contributed by atoms with E-state index in [0.29, 0.717) is 6.04 Å². The van der Waals surface area contributed by atoms with Gasteiger partial charge < -0.3 is 15.7 Å². The van der Waals surface area contributed by atoms with Gasteiger partial charge in [-0.05, 0) is 34.4 Å². The lowest BCUT2D eigenvalue weighted by Gasteiger charge is -2.29. The zero-order valence-corrected chi connectivity index (χ0v) is 7.96. The van der Waals surface area contributed by atoms with Gasteiger partial charge in [0.2, 0.25) is 0 Å². The average molecular weight is 160 g/mol. The van der Waals surface area contributed by atoms with E-state index in [2.05, 4.69) is 11.8 Å². The number of hydrogen-bond acceptors (Lipinski definition) is 3. The number of hydrogen-bond donors (Lipinski definition) is 2. The zero-order chi connectivity index (χ0) is 9.07. The Balaban J connectivity index is 3.83. The van der Waals surface area contributed by atoms with E-state index in [1.807, 2.05) is 21.0 Å².